The van der Waals surface area contributed by atoms with E-state index in [1.54, 1.807) is 39.0 Å². The first kappa shape index (κ1) is 16.3. The summed E-state index contributed by atoms with van der Waals surface area (Å²) in [6, 6.07) is 4.99. The standard InChI is InChI=1S/C13H16BrClO4/c1-13(2,3)19-12(17)11(16)7-18-8-4-5-9(14)10(15)6-8/h4-6,11,16H,7H2,1-3H3. The molecule has 1 N–H and O–H groups in total. The molecule has 0 radical (unpaired) electrons. The van der Waals surface area contributed by atoms with Gasteiger partial charge in [0.15, 0.2) is 6.10 Å². The summed E-state index contributed by atoms with van der Waals surface area (Å²) in [5.41, 5.74) is -0.640. The fourth-order valence-electron chi connectivity index (χ4n) is 1.18. The Morgan fingerprint density at radius 2 is 2.11 bits per heavy atom. The molecule has 0 fully saturated rings. The highest BCUT2D eigenvalue weighted by molar-refractivity contribution is 9.10. The van der Waals surface area contributed by atoms with Crippen molar-refractivity contribution < 1.29 is 19.4 Å². The molecule has 1 rings (SSSR count). The number of carbonyl (C=O) groups is 1. The Morgan fingerprint density at radius 1 is 1.47 bits per heavy atom. The van der Waals surface area contributed by atoms with Crippen LogP contribution in [0.3, 0.4) is 0 Å². The van der Waals surface area contributed by atoms with Gasteiger partial charge in [0, 0.05) is 4.47 Å². The molecule has 0 saturated heterocycles. The smallest absolute Gasteiger partial charge is 0.339 e. The topological polar surface area (TPSA) is 55.8 Å². The van der Waals surface area contributed by atoms with Crippen LogP contribution in [-0.2, 0) is 9.53 Å². The summed E-state index contributed by atoms with van der Waals surface area (Å²) in [5.74, 6) is -0.244. The molecule has 0 amide bonds. The molecule has 6 heteroatoms. The quantitative estimate of drug-likeness (QED) is 0.847. The number of carbonyl (C=O) groups excluding carboxylic acids is 1. The SMILES string of the molecule is CC(C)(C)OC(=O)C(O)COc1ccc(Br)c(Cl)c1. The van der Waals surface area contributed by atoms with Crippen LogP contribution < -0.4 is 4.74 Å². The summed E-state index contributed by atoms with van der Waals surface area (Å²) in [6.45, 7) is 5.00. The highest BCUT2D eigenvalue weighted by atomic mass is 79.9. The lowest BCUT2D eigenvalue weighted by molar-refractivity contribution is -0.166. The van der Waals surface area contributed by atoms with Crippen molar-refractivity contribution in [1.82, 2.24) is 0 Å². The van der Waals surface area contributed by atoms with Gasteiger partial charge in [-0.25, -0.2) is 4.79 Å². The van der Waals surface area contributed by atoms with Crippen molar-refractivity contribution in [3.05, 3.63) is 27.7 Å². The summed E-state index contributed by atoms with van der Waals surface area (Å²) in [6.07, 6.45) is -1.33. The number of esters is 1. The Hall–Kier alpha value is -0.780. The van der Waals surface area contributed by atoms with Crippen molar-refractivity contribution >= 4 is 33.5 Å². The maximum Gasteiger partial charge on any atom is 0.339 e. The van der Waals surface area contributed by atoms with Crippen molar-refractivity contribution in [2.45, 2.75) is 32.5 Å². The number of ether oxygens (including phenoxy) is 2. The Bertz CT molecular complexity index is 456. The Kier molecular flexibility index (Phi) is 5.64. The third-order valence-electron chi connectivity index (χ3n) is 1.98. The fraction of sp³-hybridized carbons (Fsp3) is 0.462. The van der Waals surface area contributed by atoms with Gasteiger partial charge >= 0.3 is 5.97 Å². The summed E-state index contributed by atoms with van der Waals surface area (Å²) >= 11 is 9.15. The van der Waals surface area contributed by atoms with E-state index in [9.17, 15) is 9.90 Å². The maximum atomic E-state index is 11.5. The zero-order valence-corrected chi connectivity index (χ0v) is 13.3. The minimum absolute atomic E-state index is 0.188. The average molecular weight is 352 g/mol. The first-order valence-corrected chi connectivity index (χ1v) is 6.85. The molecular weight excluding hydrogens is 335 g/mol. The summed E-state index contributed by atoms with van der Waals surface area (Å²) in [5, 5.41) is 10.1. The van der Waals surface area contributed by atoms with E-state index in [0.717, 1.165) is 4.47 Å². The lowest BCUT2D eigenvalue weighted by Gasteiger charge is -2.21. The van der Waals surface area contributed by atoms with Gasteiger partial charge < -0.3 is 14.6 Å². The van der Waals surface area contributed by atoms with Gasteiger partial charge in [0.05, 0.1) is 5.02 Å². The molecular formula is C13H16BrClO4. The van der Waals surface area contributed by atoms with Gasteiger partial charge in [0.2, 0.25) is 0 Å². The van der Waals surface area contributed by atoms with Crippen LogP contribution >= 0.6 is 27.5 Å². The molecule has 1 aromatic carbocycles. The molecule has 0 saturated carbocycles. The van der Waals surface area contributed by atoms with Crippen LogP contribution in [0.1, 0.15) is 20.8 Å². The second kappa shape index (κ2) is 6.59. The number of rotatable bonds is 4. The number of hydrogen-bond donors (Lipinski definition) is 1. The largest absolute Gasteiger partial charge is 0.490 e. The maximum absolute atomic E-state index is 11.5. The number of aliphatic hydroxyl groups excluding tert-OH is 1. The van der Waals surface area contributed by atoms with E-state index in [1.807, 2.05) is 0 Å². The van der Waals surface area contributed by atoms with Crippen molar-refractivity contribution in [2.75, 3.05) is 6.61 Å². The van der Waals surface area contributed by atoms with Gasteiger partial charge in [-0.15, -0.1) is 0 Å². The molecule has 19 heavy (non-hydrogen) atoms. The number of hydrogen-bond acceptors (Lipinski definition) is 4. The molecule has 0 bridgehead atoms. The van der Waals surface area contributed by atoms with E-state index in [4.69, 9.17) is 21.1 Å². The van der Waals surface area contributed by atoms with Crippen molar-refractivity contribution in [1.29, 1.82) is 0 Å². The molecule has 4 nitrogen and oxygen atoms in total. The van der Waals surface area contributed by atoms with E-state index < -0.39 is 17.7 Å². The summed E-state index contributed by atoms with van der Waals surface area (Å²) in [4.78, 5) is 11.5. The molecule has 0 aromatic heterocycles. The molecule has 0 aliphatic heterocycles. The van der Waals surface area contributed by atoms with E-state index in [0.29, 0.717) is 10.8 Å². The van der Waals surface area contributed by atoms with E-state index in [2.05, 4.69) is 15.9 Å². The first-order valence-electron chi connectivity index (χ1n) is 5.68. The highest BCUT2D eigenvalue weighted by Crippen LogP contribution is 2.26. The van der Waals surface area contributed by atoms with Crippen LogP contribution in [0.25, 0.3) is 0 Å². The third kappa shape index (κ3) is 5.80. The van der Waals surface area contributed by atoms with Crippen molar-refractivity contribution in [2.24, 2.45) is 0 Å². The Morgan fingerprint density at radius 3 is 2.63 bits per heavy atom. The normalized spacial score (nSPS) is 12.9. The first-order chi connectivity index (χ1) is 8.69. The summed E-state index contributed by atoms with van der Waals surface area (Å²) < 4.78 is 11.1. The lowest BCUT2D eigenvalue weighted by Crippen LogP contribution is -2.35. The predicted octanol–water partition coefficient (Wildman–Crippen LogP) is 3.18. The van der Waals surface area contributed by atoms with Crippen molar-refractivity contribution in [3.8, 4) is 5.75 Å². The van der Waals surface area contributed by atoms with Crippen LogP contribution in [0.2, 0.25) is 5.02 Å². The highest BCUT2D eigenvalue weighted by Gasteiger charge is 2.23. The molecule has 0 heterocycles. The second-order valence-corrected chi connectivity index (χ2v) is 6.20. The number of benzene rings is 1. The minimum Gasteiger partial charge on any atom is -0.490 e. The van der Waals surface area contributed by atoms with Crippen LogP contribution in [0, 0.1) is 0 Å². The van der Waals surface area contributed by atoms with E-state index >= 15 is 0 Å². The number of halogens is 2. The zero-order chi connectivity index (χ0) is 14.6. The minimum atomic E-state index is -1.33. The third-order valence-corrected chi connectivity index (χ3v) is 3.21. The molecule has 0 spiro atoms. The van der Waals surface area contributed by atoms with E-state index in [1.165, 1.54) is 0 Å². The lowest BCUT2D eigenvalue weighted by atomic mass is 10.2. The van der Waals surface area contributed by atoms with Crippen LogP contribution in [0.5, 0.6) is 5.75 Å². The molecule has 0 aliphatic rings. The second-order valence-electron chi connectivity index (χ2n) is 4.94. The van der Waals surface area contributed by atoms with Crippen LogP contribution in [0.4, 0.5) is 0 Å². The van der Waals surface area contributed by atoms with Crippen LogP contribution in [0.15, 0.2) is 22.7 Å². The summed E-state index contributed by atoms with van der Waals surface area (Å²) in [7, 11) is 0. The Balaban J connectivity index is 2.52. The number of aliphatic hydroxyl groups is 1. The molecule has 1 aromatic rings. The van der Waals surface area contributed by atoms with Gasteiger partial charge in [0.1, 0.15) is 18.0 Å². The Labute approximate surface area is 125 Å². The molecule has 0 aliphatic carbocycles. The van der Waals surface area contributed by atoms with Gasteiger partial charge in [-0.2, -0.15) is 0 Å². The monoisotopic (exact) mass is 350 g/mol. The van der Waals surface area contributed by atoms with Crippen LogP contribution in [-0.4, -0.2) is 29.4 Å². The molecule has 1 unspecified atom stereocenters. The molecule has 106 valence electrons. The average Bonchev–Trinajstić information content (AvgIpc) is 2.28. The van der Waals surface area contributed by atoms with Gasteiger partial charge in [-0.05, 0) is 54.9 Å². The zero-order valence-electron chi connectivity index (χ0n) is 10.9. The fourth-order valence-corrected chi connectivity index (χ4v) is 1.60. The molecule has 1 atom stereocenters. The van der Waals surface area contributed by atoms with Gasteiger partial charge in [0.25, 0.3) is 0 Å². The van der Waals surface area contributed by atoms with Crippen molar-refractivity contribution in [3.63, 3.8) is 0 Å². The predicted molar refractivity (Wildman–Crippen MR) is 76.5 cm³/mol. The van der Waals surface area contributed by atoms with E-state index in [-0.39, 0.29) is 6.61 Å². The van der Waals surface area contributed by atoms with Gasteiger partial charge in [-0.3, -0.25) is 0 Å². The van der Waals surface area contributed by atoms with Gasteiger partial charge in [-0.1, -0.05) is 11.6 Å².